The Morgan fingerprint density at radius 1 is 0.951 bits per heavy atom. The van der Waals surface area contributed by atoms with Crippen LogP contribution >= 0.6 is 0 Å². The van der Waals surface area contributed by atoms with Gasteiger partial charge in [-0.15, -0.1) is 0 Å². The van der Waals surface area contributed by atoms with Crippen LogP contribution < -0.4 is 31.8 Å². The fourth-order valence-electron chi connectivity index (χ4n) is 4.82. The molecule has 0 aliphatic heterocycles. The molecule has 3 aromatic carbocycles. The molecule has 0 spiro atoms. The number of rotatable bonds is 9. The van der Waals surface area contributed by atoms with E-state index in [-0.39, 0.29) is 17.6 Å². The highest BCUT2D eigenvalue weighted by Crippen LogP contribution is 2.39. The van der Waals surface area contributed by atoms with Gasteiger partial charge in [0.05, 0.1) is 12.5 Å². The van der Waals surface area contributed by atoms with E-state index in [9.17, 15) is 14.0 Å². The van der Waals surface area contributed by atoms with Crippen molar-refractivity contribution in [1.29, 1.82) is 0 Å². The summed E-state index contributed by atoms with van der Waals surface area (Å²) in [5.74, 6) is 0.894. The van der Waals surface area contributed by atoms with Gasteiger partial charge in [-0.2, -0.15) is 0 Å². The number of benzene rings is 3. The summed E-state index contributed by atoms with van der Waals surface area (Å²) in [5.41, 5.74) is 8.40. The molecule has 0 amide bonds. The normalized spacial score (nSPS) is 11.0. The Morgan fingerprint density at radius 3 is 2.44 bits per heavy atom. The number of anilines is 1. The van der Waals surface area contributed by atoms with Gasteiger partial charge in [-0.1, -0.05) is 42.5 Å². The van der Waals surface area contributed by atoms with Crippen molar-refractivity contribution in [3.8, 4) is 22.6 Å². The third-order valence-corrected chi connectivity index (χ3v) is 6.93. The summed E-state index contributed by atoms with van der Waals surface area (Å²) in [6.45, 7) is 0.752. The van der Waals surface area contributed by atoms with Crippen LogP contribution in [0.1, 0.15) is 16.7 Å². The largest absolute Gasteiger partial charge is 0.496 e. The molecule has 210 valence electrons. The molecule has 10 heteroatoms. The number of hydrogen-bond donors (Lipinski definition) is 2. The zero-order chi connectivity index (χ0) is 29.1. The highest BCUT2D eigenvalue weighted by atomic mass is 19.1. The molecule has 0 atom stereocenters. The number of nitrogens with one attached hydrogen (secondary N) is 1. The van der Waals surface area contributed by atoms with Crippen LogP contribution in [0, 0.1) is 5.82 Å². The number of hydrogen-bond acceptors (Lipinski definition) is 7. The lowest BCUT2D eigenvalue weighted by Gasteiger charge is -2.20. The van der Waals surface area contributed by atoms with Gasteiger partial charge in [-0.25, -0.2) is 14.2 Å². The highest BCUT2D eigenvalue weighted by molar-refractivity contribution is 5.98. The maximum absolute atomic E-state index is 14.5. The molecule has 0 radical (unpaired) electrons. The molecule has 5 rings (SSSR count). The number of nitrogens with two attached hydrogens (primary N) is 1. The van der Waals surface area contributed by atoms with Crippen LogP contribution in [-0.2, 0) is 33.8 Å². The molecule has 3 N–H and O–H groups in total. The summed E-state index contributed by atoms with van der Waals surface area (Å²) in [5, 5.41) is 3.45. The smallest absolute Gasteiger partial charge is 0.332 e. The fourth-order valence-corrected chi connectivity index (χ4v) is 4.82. The highest BCUT2D eigenvalue weighted by Gasteiger charge is 2.24. The monoisotopic (exact) mass is 555 g/mol. The molecule has 9 nitrogen and oxygen atoms in total. The second kappa shape index (κ2) is 11.6. The lowest BCUT2D eigenvalue weighted by molar-refractivity contribution is 0.306. The van der Waals surface area contributed by atoms with Gasteiger partial charge < -0.3 is 20.5 Å². The van der Waals surface area contributed by atoms with Gasteiger partial charge in [0, 0.05) is 43.9 Å². The van der Waals surface area contributed by atoms with Gasteiger partial charge in [0.2, 0.25) is 0 Å². The number of halogens is 1. The molecule has 0 unspecified atom stereocenters. The molecule has 2 aromatic heterocycles. The Morgan fingerprint density at radius 2 is 1.71 bits per heavy atom. The van der Waals surface area contributed by atoms with Crippen LogP contribution in [0.15, 0.2) is 82.4 Å². The van der Waals surface area contributed by atoms with E-state index in [4.69, 9.17) is 15.2 Å². The Kier molecular flexibility index (Phi) is 7.84. The summed E-state index contributed by atoms with van der Waals surface area (Å²) in [6, 6.07) is 21.5. The molecular weight excluding hydrogens is 525 g/mol. The van der Waals surface area contributed by atoms with Crippen molar-refractivity contribution in [3.63, 3.8) is 0 Å². The van der Waals surface area contributed by atoms with Crippen LogP contribution in [0.5, 0.6) is 11.5 Å². The van der Waals surface area contributed by atoms with E-state index >= 15 is 0 Å². The van der Waals surface area contributed by atoms with E-state index in [1.165, 1.54) is 44.0 Å². The van der Waals surface area contributed by atoms with E-state index < -0.39 is 17.1 Å². The van der Waals surface area contributed by atoms with Crippen molar-refractivity contribution < 1.29 is 13.9 Å². The van der Waals surface area contributed by atoms with Crippen LogP contribution in [-0.4, -0.2) is 21.2 Å². The van der Waals surface area contributed by atoms with Crippen molar-refractivity contribution in [2.75, 3.05) is 12.4 Å². The minimum absolute atomic E-state index is 0.0213. The summed E-state index contributed by atoms with van der Waals surface area (Å²) in [6.07, 6.45) is 0. The first-order valence-electron chi connectivity index (χ1n) is 13.0. The average molecular weight is 556 g/mol. The molecule has 0 fully saturated rings. The van der Waals surface area contributed by atoms with Crippen molar-refractivity contribution in [2.45, 2.75) is 19.7 Å². The Balaban J connectivity index is 1.60. The standard InChI is InChI=1S/C31H30FN5O4/c1-36-29-27(30(38)37(2)31(36)39)26(23-15-21(32)12-13-25(23)40-3)24(16-33)28(35-29)34-17-20-10-7-11-22(14-20)41-18-19-8-5-4-6-9-19/h4-15H,16-18,33H2,1-3H3,(H,34,35). The van der Waals surface area contributed by atoms with Crippen LogP contribution in [0.4, 0.5) is 10.2 Å². The average Bonchev–Trinajstić information content (AvgIpc) is 3.00. The van der Waals surface area contributed by atoms with Gasteiger partial charge in [0.1, 0.15) is 29.7 Å². The van der Waals surface area contributed by atoms with Crippen molar-refractivity contribution in [2.24, 2.45) is 19.8 Å². The van der Waals surface area contributed by atoms with Crippen molar-refractivity contribution >= 4 is 16.9 Å². The van der Waals surface area contributed by atoms with E-state index in [0.717, 1.165) is 15.7 Å². The lowest BCUT2D eigenvalue weighted by atomic mass is 9.96. The van der Waals surface area contributed by atoms with E-state index in [1.54, 1.807) is 0 Å². The fraction of sp³-hybridized carbons (Fsp3) is 0.194. The van der Waals surface area contributed by atoms with E-state index in [0.29, 0.717) is 47.2 Å². The first-order chi connectivity index (χ1) is 19.8. The number of fused-ring (bicyclic) bond motifs is 1. The summed E-state index contributed by atoms with van der Waals surface area (Å²) in [7, 11) is 4.38. The van der Waals surface area contributed by atoms with E-state index in [2.05, 4.69) is 10.3 Å². The number of methoxy groups -OCH3 is 1. The number of ether oxygens (including phenoxy) is 2. The lowest BCUT2D eigenvalue weighted by Crippen LogP contribution is -2.38. The van der Waals surface area contributed by atoms with E-state index in [1.807, 2.05) is 54.6 Å². The van der Waals surface area contributed by atoms with Gasteiger partial charge in [-0.3, -0.25) is 13.9 Å². The molecule has 0 saturated heterocycles. The second-order valence-corrected chi connectivity index (χ2v) is 9.54. The van der Waals surface area contributed by atoms with Crippen LogP contribution in [0.2, 0.25) is 0 Å². The van der Waals surface area contributed by atoms with Crippen molar-refractivity contribution in [3.05, 3.63) is 116 Å². The number of aryl methyl sites for hydroxylation is 1. The van der Waals surface area contributed by atoms with Crippen LogP contribution in [0.25, 0.3) is 22.2 Å². The Hall–Kier alpha value is -4.96. The predicted octanol–water partition coefficient (Wildman–Crippen LogP) is 4.10. The minimum Gasteiger partial charge on any atom is -0.496 e. The Bertz CT molecular complexity index is 1850. The molecule has 41 heavy (non-hydrogen) atoms. The minimum atomic E-state index is -0.568. The van der Waals surface area contributed by atoms with Crippen LogP contribution in [0.3, 0.4) is 0 Å². The molecule has 0 bridgehead atoms. The second-order valence-electron chi connectivity index (χ2n) is 9.54. The maximum Gasteiger partial charge on any atom is 0.332 e. The molecule has 2 heterocycles. The zero-order valence-corrected chi connectivity index (χ0v) is 23.0. The topological polar surface area (TPSA) is 113 Å². The third kappa shape index (κ3) is 5.42. The van der Waals surface area contributed by atoms with Gasteiger partial charge in [-0.05, 0) is 41.5 Å². The molecule has 0 aliphatic carbocycles. The summed E-state index contributed by atoms with van der Waals surface area (Å²) >= 11 is 0. The first kappa shape index (κ1) is 27.6. The quantitative estimate of drug-likeness (QED) is 0.282. The molecule has 0 saturated carbocycles. The first-order valence-corrected chi connectivity index (χ1v) is 13.0. The zero-order valence-electron chi connectivity index (χ0n) is 23.0. The van der Waals surface area contributed by atoms with Gasteiger partial charge in [0.15, 0.2) is 5.65 Å². The number of nitrogens with zero attached hydrogens (tertiary/aromatic N) is 3. The number of pyridine rings is 1. The van der Waals surface area contributed by atoms with Gasteiger partial charge in [0.25, 0.3) is 5.56 Å². The molecule has 5 aromatic rings. The SMILES string of the molecule is COc1ccc(F)cc1-c1c(CN)c(NCc2cccc(OCc3ccccc3)c2)nc2c1c(=O)n(C)c(=O)n2C. The maximum atomic E-state index is 14.5. The Labute approximate surface area is 235 Å². The summed E-state index contributed by atoms with van der Waals surface area (Å²) in [4.78, 5) is 30.9. The third-order valence-electron chi connectivity index (χ3n) is 6.93. The van der Waals surface area contributed by atoms with Crippen molar-refractivity contribution in [1.82, 2.24) is 14.1 Å². The number of aromatic nitrogens is 3. The van der Waals surface area contributed by atoms with Gasteiger partial charge >= 0.3 is 5.69 Å². The predicted molar refractivity (Wildman–Crippen MR) is 157 cm³/mol. The molecule has 0 aliphatic rings. The summed E-state index contributed by atoms with van der Waals surface area (Å²) < 4.78 is 28.3. The molecular formula is C31H30FN5O4.